The summed E-state index contributed by atoms with van der Waals surface area (Å²) in [6, 6.07) is 5.70. The lowest BCUT2D eigenvalue weighted by Crippen LogP contribution is -2.27. The van der Waals surface area contributed by atoms with E-state index in [-0.39, 0.29) is 5.91 Å². The number of rotatable bonds is 5. The molecule has 0 aliphatic carbocycles. The number of H-pyrrole nitrogens is 1. The standard InChI is InChI=1S/C12H15N5O/c1-17(8-11-14-9-15-16-11)12(18)6-5-10-4-2-3-7-13-10/h2-4,7,9H,5-6,8H2,1H3,(H,14,15,16). The molecule has 0 bridgehead atoms. The average molecular weight is 245 g/mol. The molecule has 94 valence electrons. The molecule has 0 aliphatic rings. The summed E-state index contributed by atoms with van der Waals surface area (Å²) >= 11 is 0. The number of hydrogen-bond donors (Lipinski definition) is 1. The fraction of sp³-hybridized carbons (Fsp3) is 0.333. The predicted molar refractivity (Wildman–Crippen MR) is 65.4 cm³/mol. The summed E-state index contributed by atoms with van der Waals surface area (Å²) in [4.78, 5) is 21.7. The van der Waals surface area contributed by atoms with Crippen molar-refractivity contribution in [1.82, 2.24) is 25.1 Å². The first-order valence-corrected chi connectivity index (χ1v) is 5.74. The Bertz CT molecular complexity index is 482. The van der Waals surface area contributed by atoms with Gasteiger partial charge >= 0.3 is 0 Å². The number of nitrogens with one attached hydrogen (secondary N) is 1. The molecule has 18 heavy (non-hydrogen) atoms. The maximum absolute atomic E-state index is 11.9. The molecule has 1 N–H and O–H groups in total. The van der Waals surface area contributed by atoms with E-state index in [0.717, 1.165) is 5.69 Å². The number of aryl methyl sites for hydroxylation is 1. The summed E-state index contributed by atoms with van der Waals surface area (Å²) in [7, 11) is 1.75. The van der Waals surface area contributed by atoms with E-state index in [1.807, 2.05) is 18.2 Å². The Hall–Kier alpha value is -2.24. The van der Waals surface area contributed by atoms with Crippen LogP contribution >= 0.6 is 0 Å². The van der Waals surface area contributed by atoms with E-state index in [0.29, 0.717) is 25.2 Å². The molecule has 0 saturated carbocycles. The van der Waals surface area contributed by atoms with Crippen molar-refractivity contribution in [1.29, 1.82) is 0 Å². The van der Waals surface area contributed by atoms with Crippen molar-refractivity contribution in [2.45, 2.75) is 19.4 Å². The maximum Gasteiger partial charge on any atom is 0.223 e. The second kappa shape index (κ2) is 5.90. The van der Waals surface area contributed by atoms with Crippen LogP contribution in [0.25, 0.3) is 0 Å². The highest BCUT2D eigenvalue weighted by Crippen LogP contribution is 2.03. The van der Waals surface area contributed by atoms with Crippen LogP contribution in [0.3, 0.4) is 0 Å². The van der Waals surface area contributed by atoms with Gasteiger partial charge in [-0.1, -0.05) is 6.07 Å². The molecule has 2 aromatic heterocycles. The van der Waals surface area contributed by atoms with Crippen LogP contribution in [-0.2, 0) is 17.8 Å². The van der Waals surface area contributed by atoms with Crippen molar-refractivity contribution < 1.29 is 4.79 Å². The van der Waals surface area contributed by atoms with Gasteiger partial charge in [0, 0.05) is 25.4 Å². The van der Waals surface area contributed by atoms with E-state index in [4.69, 9.17) is 0 Å². The highest BCUT2D eigenvalue weighted by molar-refractivity contribution is 5.75. The molecule has 0 atom stereocenters. The Balaban J connectivity index is 1.81. The number of aromatic amines is 1. The highest BCUT2D eigenvalue weighted by atomic mass is 16.2. The zero-order chi connectivity index (χ0) is 12.8. The molecular weight excluding hydrogens is 230 g/mol. The second-order valence-corrected chi connectivity index (χ2v) is 4.00. The van der Waals surface area contributed by atoms with Crippen LogP contribution in [0.2, 0.25) is 0 Å². The van der Waals surface area contributed by atoms with E-state index >= 15 is 0 Å². The zero-order valence-electron chi connectivity index (χ0n) is 10.2. The van der Waals surface area contributed by atoms with Gasteiger partial charge in [-0.3, -0.25) is 14.9 Å². The smallest absolute Gasteiger partial charge is 0.223 e. The normalized spacial score (nSPS) is 10.3. The third-order valence-electron chi connectivity index (χ3n) is 2.60. The topological polar surface area (TPSA) is 74.8 Å². The largest absolute Gasteiger partial charge is 0.338 e. The summed E-state index contributed by atoms with van der Waals surface area (Å²) in [5.41, 5.74) is 0.930. The molecule has 6 nitrogen and oxygen atoms in total. The molecule has 0 radical (unpaired) electrons. The van der Waals surface area contributed by atoms with Crippen molar-refractivity contribution in [3.05, 3.63) is 42.2 Å². The summed E-state index contributed by atoms with van der Waals surface area (Å²) < 4.78 is 0. The van der Waals surface area contributed by atoms with E-state index in [1.165, 1.54) is 6.33 Å². The van der Waals surface area contributed by atoms with Crippen molar-refractivity contribution >= 4 is 5.91 Å². The van der Waals surface area contributed by atoms with Gasteiger partial charge in [-0.25, -0.2) is 4.98 Å². The number of hydrogen-bond acceptors (Lipinski definition) is 4. The van der Waals surface area contributed by atoms with Crippen LogP contribution in [0.5, 0.6) is 0 Å². The monoisotopic (exact) mass is 245 g/mol. The molecule has 0 saturated heterocycles. The Labute approximate surface area is 105 Å². The van der Waals surface area contributed by atoms with Crippen LogP contribution in [-0.4, -0.2) is 38.0 Å². The number of aromatic nitrogens is 4. The van der Waals surface area contributed by atoms with Gasteiger partial charge in [0.05, 0.1) is 6.54 Å². The van der Waals surface area contributed by atoms with Gasteiger partial charge in [0.25, 0.3) is 0 Å². The van der Waals surface area contributed by atoms with Crippen LogP contribution < -0.4 is 0 Å². The average Bonchev–Trinajstić information content (AvgIpc) is 2.90. The van der Waals surface area contributed by atoms with Crippen molar-refractivity contribution in [3.8, 4) is 0 Å². The van der Waals surface area contributed by atoms with Crippen LogP contribution in [0, 0.1) is 0 Å². The lowest BCUT2D eigenvalue weighted by Gasteiger charge is -2.15. The summed E-state index contributed by atoms with van der Waals surface area (Å²) in [5, 5.41) is 6.47. The van der Waals surface area contributed by atoms with Crippen LogP contribution in [0.4, 0.5) is 0 Å². The van der Waals surface area contributed by atoms with Gasteiger partial charge < -0.3 is 4.90 Å². The number of pyridine rings is 1. The van der Waals surface area contributed by atoms with E-state index in [9.17, 15) is 4.79 Å². The maximum atomic E-state index is 11.9. The first kappa shape index (κ1) is 12.2. The molecule has 2 heterocycles. The van der Waals surface area contributed by atoms with E-state index in [1.54, 1.807) is 18.1 Å². The predicted octanol–water partition coefficient (Wildman–Crippen LogP) is 0.791. The van der Waals surface area contributed by atoms with Crippen molar-refractivity contribution in [2.24, 2.45) is 0 Å². The zero-order valence-corrected chi connectivity index (χ0v) is 10.2. The Morgan fingerprint density at radius 1 is 1.39 bits per heavy atom. The number of carbonyl (C=O) groups excluding carboxylic acids is 1. The van der Waals surface area contributed by atoms with Gasteiger partial charge in [0.15, 0.2) is 0 Å². The minimum absolute atomic E-state index is 0.0667. The minimum atomic E-state index is 0.0667. The third kappa shape index (κ3) is 3.38. The number of carbonyl (C=O) groups is 1. The van der Waals surface area contributed by atoms with Gasteiger partial charge in [0.1, 0.15) is 12.2 Å². The third-order valence-corrected chi connectivity index (χ3v) is 2.60. The minimum Gasteiger partial charge on any atom is -0.338 e. The Morgan fingerprint density at radius 3 is 2.94 bits per heavy atom. The summed E-state index contributed by atoms with van der Waals surface area (Å²) in [6.45, 7) is 0.445. The van der Waals surface area contributed by atoms with Gasteiger partial charge in [-0.2, -0.15) is 5.10 Å². The molecule has 6 heteroatoms. The molecule has 0 aliphatic heterocycles. The summed E-state index contributed by atoms with van der Waals surface area (Å²) in [5.74, 6) is 0.751. The Kier molecular flexibility index (Phi) is 4.01. The van der Waals surface area contributed by atoms with Crippen LogP contribution in [0.15, 0.2) is 30.7 Å². The fourth-order valence-corrected chi connectivity index (χ4v) is 1.59. The molecule has 0 unspecified atom stereocenters. The van der Waals surface area contributed by atoms with E-state index < -0.39 is 0 Å². The Morgan fingerprint density at radius 2 is 2.28 bits per heavy atom. The first-order valence-electron chi connectivity index (χ1n) is 5.74. The first-order chi connectivity index (χ1) is 8.75. The van der Waals surface area contributed by atoms with Crippen molar-refractivity contribution in [2.75, 3.05) is 7.05 Å². The van der Waals surface area contributed by atoms with Gasteiger partial charge in [0.2, 0.25) is 5.91 Å². The molecular formula is C12H15N5O. The molecule has 1 amide bonds. The summed E-state index contributed by atoms with van der Waals surface area (Å²) in [6.07, 6.45) is 4.27. The van der Waals surface area contributed by atoms with Crippen LogP contribution in [0.1, 0.15) is 17.9 Å². The second-order valence-electron chi connectivity index (χ2n) is 4.00. The molecule has 0 aromatic carbocycles. The number of amides is 1. The van der Waals surface area contributed by atoms with Gasteiger partial charge in [-0.15, -0.1) is 0 Å². The molecule has 0 spiro atoms. The quantitative estimate of drug-likeness (QED) is 0.845. The molecule has 0 fully saturated rings. The van der Waals surface area contributed by atoms with Gasteiger partial charge in [-0.05, 0) is 18.6 Å². The molecule has 2 aromatic rings. The lowest BCUT2D eigenvalue weighted by atomic mass is 10.2. The fourth-order valence-electron chi connectivity index (χ4n) is 1.59. The van der Waals surface area contributed by atoms with Crippen molar-refractivity contribution in [3.63, 3.8) is 0 Å². The highest BCUT2D eigenvalue weighted by Gasteiger charge is 2.10. The van der Waals surface area contributed by atoms with E-state index in [2.05, 4.69) is 20.2 Å². The molecule has 2 rings (SSSR count). The number of nitrogens with zero attached hydrogens (tertiary/aromatic N) is 4. The lowest BCUT2D eigenvalue weighted by molar-refractivity contribution is -0.130. The SMILES string of the molecule is CN(Cc1ncn[nH]1)C(=O)CCc1ccccn1.